The normalized spacial score (nSPS) is 12.7. The second kappa shape index (κ2) is 11.4. The summed E-state index contributed by atoms with van der Waals surface area (Å²) in [6.45, 7) is 2.88. The number of fused-ring (bicyclic) bond motifs is 1. The number of hydrogen-bond acceptors (Lipinski definition) is 5. The topological polar surface area (TPSA) is 105 Å². The predicted octanol–water partition coefficient (Wildman–Crippen LogP) is 5.18. The van der Waals surface area contributed by atoms with Gasteiger partial charge in [0.05, 0.1) is 11.3 Å². The van der Waals surface area contributed by atoms with Gasteiger partial charge < -0.3 is 9.72 Å². The molecule has 0 saturated heterocycles. The molecule has 0 spiro atoms. The third-order valence-electron chi connectivity index (χ3n) is 5.84. The van der Waals surface area contributed by atoms with Crippen molar-refractivity contribution in [3.8, 4) is 11.3 Å². The first-order valence-corrected chi connectivity index (χ1v) is 13.4. The van der Waals surface area contributed by atoms with Crippen LogP contribution in [0.25, 0.3) is 28.2 Å². The van der Waals surface area contributed by atoms with Crippen molar-refractivity contribution in [1.29, 1.82) is 0 Å². The fourth-order valence-electron chi connectivity index (χ4n) is 3.96. The van der Waals surface area contributed by atoms with Crippen LogP contribution in [-0.2, 0) is 19.6 Å². The molecule has 0 aliphatic heterocycles. The summed E-state index contributed by atoms with van der Waals surface area (Å²) >= 11 is 0. The number of esters is 1. The standard InChI is InChI=1S/C29H28N2O5S/c1-20(2)27(31-37(34,35)18-17-21-11-5-3-6-12-21)29(33)36-19-25(32)26-23-15-9-10-16-24(23)30-28(26)22-13-7-4-8-14-22/h3-18,20,27,30-31H,19H2,1-2H3/b18-17+/t27-/m0/s1. The van der Waals surface area contributed by atoms with Crippen molar-refractivity contribution in [2.45, 2.75) is 19.9 Å². The number of sulfonamides is 1. The van der Waals surface area contributed by atoms with Gasteiger partial charge in [-0.15, -0.1) is 0 Å². The van der Waals surface area contributed by atoms with Crippen LogP contribution in [-0.4, -0.2) is 37.8 Å². The van der Waals surface area contributed by atoms with Gasteiger partial charge in [0.2, 0.25) is 15.8 Å². The Kier molecular flexibility index (Phi) is 8.01. The van der Waals surface area contributed by atoms with Gasteiger partial charge in [-0.3, -0.25) is 9.59 Å². The van der Waals surface area contributed by atoms with Gasteiger partial charge in [-0.05, 0) is 29.2 Å². The number of hydrogen-bond donors (Lipinski definition) is 2. The lowest BCUT2D eigenvalue weighted by Gasteiger charge is -2.19. The number of ether oxygens (including phenoxy) is 1. The molecule has 1 heterocycles. The highest BCUT2D eigenvalue weighted by Crippen LogP contribution is 2.30. The van der Waals surface area contributed by atoms with E-state index in [-0.39, 0.29) is 5.78 Å². The maximum absolute atomic E-state index is 13.3. The Balaban J connectivity index is 1.50. The van der Waals surface area contributed by atoms with Gasteiger partial charge in [-0.1, -0.05) is 92.7 Å². The zero-order valence-electron chi connectivity index (χ0n) is 20.5. The van der Waals surface area contributed by atoms with E-state index in [0.717, 1.165) is 21.9 Å². The van der Waals surface area contributed by atoms with E-state index in [9.17, 15) is 18.0 Å². The number of H-pyrrole nitrogens is 1. The molecule has 0 unspecified atom stereocenters. The highest BCUT2D eigenvalue weighted by Gasteiger charge is 2.29. The Labute approximate surface area is 216 Å². The summed E-state index contributed by atoms with van der Waals surface area (Å²) < 4.78 is 33.0. The zero-order valence-corrected chi connectivity index (χ0v) is 21.4. The summed E-state index contributed by atoms with van der Waals surface area (Å²) in [4.78, 5) is 29.5. The minimum Gasteiger partial charge on any atom is -0.456 e. The maximum Gasteiger partial charge on any atom is 0.324 e. The van der Waals surface area contributed by atoms with Gasteiger partial charge in [0, 0.05) is 16.3 Å². The largest absolute Gasteiger partial charge is 0.456 e. The lowest BCUT2D eigenvalue weighted by atomic mass is 10.0. The van der Waals surface area contributed by atoms with Crippen molar-refractivity contribution in [2.24, 2.45) is 5.92 Å². The van der Waals surface area contributed by atoms with Crippen molar-refractivity contribution in [3.05, 3.63) is 101 Å². The number of carbonyl (C=O) groups is 2. The van der Waals surface area contributed by atoms with Crippen molar-refractivity contribution in [2.75, 3.05) is 6.61 Å². The van der Waals surface area contributed by atoms with E-state index in [1.165, 1.54) is 6.08 Å². The van der Waals surface area contributed by atoms with Crippen LogP contribution >= 0.6 is 0 Å². The van der Waals surface area contributed by atoms with Gasteiger partial charge in [-0.2, -0.15) is 4.72 Å². The first-order valence-electron chi connectivity index (χ1n) is 11.9. The molecule has 1 atom stereocenters. The molecule has 8 heteroatoms. The number of aromatic amines is 1. The molecule has 0 fully saturated rings. The van der Waals surface area contributed by atoms with Crippen LogP contribution in [0.4, 0.5) is 0 Å². The molecule has 190 valence electrons. The third-order valence-corrected chi connectivity index (χ3v) is 6.92. The molecule has 0 saturated carbocycles. The number of Topliss-reactive ketones (excluding diaryl/α,β-unsaturated/α-hetero) is 1. The molecule has 4 aromatic rings. The molecule has 2 N–H and O–H groups in total. The average molecular weight is 517 g/mol. The third kappa shape index (κ3) is 6.41. The zero-order chi connectivity index (χ0) is 26.4. The number of ketones is 1. The first-order chi connectivity index (χ1) is 17.7. The van der Waals surface area contributed by atoms with Gasteiger partial charge >= 0.3 is 5.97 Å². The van der Waals surface area contributed by atoms with E-state index in [4.69, 9.17) is 4.74 Å². The predicted molar refractivity (Wildman–Crippen MR) is 145 cm³/mol. The highest BCUT2D eigenvalue weighted by atomic mass is 32.2. The van der Waals surface area contributed by atoms with Crippen LogP contribution in [0.15, 0.2) is 90.3 Å². The van der Waals surface area contributed by atoms with E-state index in [0.29, 0.717) is 16.8 Å². The van der Waals surface area contributed by atoms with Crippen molar-refractivity contribution in [1.82, 2.24) is 9.71 Å². The van der Waals surface area contributed by atoms with E-state index in [2.05, 4.69) is 9.71 Å². The summed E-state index contributed by atoms with van der Waals surface area (Å²) in [5.74, 6) is -1.62. The molecule has 0 amide bonds. The summed E-state index contributed by atoms with van der Waals surface area (Å²) in [5, 5.41) is 1.73. The molecule has 7 nitrogen and oxygen atoms in total. The quantitative estimate of drug-likeness (QED) is 0.223. The molecule has 37 heavy (non-hydrogen) atoms. The Morgan fingerprint density at radius 1 is 0.919 bits per heavy atom. The summed E-state index contributed by atoms with van der Waals surface area (Å²) in [5.41, 5.74) is 3.37. The fraction of sp³-hybridized carbons (Fsp3) is 0.172. The molecule has 0 aliphatic carbocycles. The minimum absolute atomic E-state index is 0.390. The summed E-state index contributed by atoms with van der Waals surface area (Å²) in [7, 11) is -3.94. The maximum atomic E-state index is 13.3. The summed E-state index contributed by atoms with van der Waals surface area (Å²) in [6, 6.07) is 24.6. The molecule has 0 aliphatic rings. The molecule has 0 bridgehead atoms. The molecule has 1 aromatic heterocycles. The number of carbonyl (C=O) groups excluding carboxylic acids is 2. The number of aromatic nitrogens is 1. The van der Waals surface area contributed by atoms with Crippen LogP contribution in [0.2, 0.25) is 0 Å². The fourth-order valence-corrected chi connectivity index (χ4v) is 5.09. The molecule has 3 aromatic carbocycles. The number of benzene rings is 3. The highest BCUT2D eigenvalue weighted by molar-refractivity contribution is 7.92. The molecule has 0 radical (unpaired) electrons. The Hall–Kier alpha value is -4.01. The van der Waals surface area contributed by atoms with Crippen LogP contribution in [0.3, 0.4) is 0 Å². The lowest BCUT2D eigenvalue weighted by molar-refractivity contribution is -0.145. The lowest BCUT2D eigenvalue weighted by Crippen LogP contribution is -2.45. The first kappa shape index (κ1) is 26.1. The van der Waals surface area contributed by atoms with Crippen LogP contribution in [0, 0.1) is 5.92 Å². The van der Waals surface area contributed by atoms with Crippen LogP contribution in [0.5, 0.6) is 0 Å². The van der Waals surface area contributed by atoms with E-state index in [1.807, 2.05) is 60.7 Å². The SMILES string of the molecule is CC(C)[C@H](NS(=O)(=O)/C=C/c1ccccc1)C(=O)OCC(=O)c1c(-c2ccccc2)[nH]c2ccccc12. The van der Waals surface area contributed by atoms with Gasteiger partial charge in [0.1, 0.15) is 6.04 Å². The molecular weight excluding hydrogens is 488 g/mol. The Bertz CT molecular complexity index is 1520. The number of rotatable bonds is 10. The monoisotopic (exact) mass is 516 g/mol. The van der Waals surface area contributed by atoms with Crippen LogP contribution in [0.1, 0.15) is 29.8 Å². The van der Waals surface area contributed by atoms with Crippen molar-refractivity contribution in [3.63, 3.8) is 0 Å². The number of para-hydroxylation sites is 1. The molecular formula is C29H28N2O5S. The average Bonchev–Trinajstić information content (AvgIpc) is 3.30. The van der Waals surface area contributed by atoms with Gasteiger partial charge in [0.25, 0.3) is 0 Å². The molecule has 4 rings (SSSR count). The van der Waals surface area contributed by atoms with Gasteiger partial charge in [-0.25, -0.2) is 8.42 Å². The Morgan fingerprint density at radius 3 is 2.22 bits per heavy atom. The smallest absolute Gasteiger partial charge is 0.324 e. The Morgan fingerprint density at radius 2 is 1.54 bits per heavy atom. The van der Waals surface area contributed by atoms with E-state index in [1.54, 1.807) is 38.1 Å². The van der Waals surface area contributed by atoms with Crippen molar-refractivity contribution < 1.29 is 22.7 Å². The number of nitrogens with one attached hydrogen (secondary N) is 2. The van der Waals surface area contributed by atoms with Gasteiger partial charge in [0.15, 0.2) is 6.61 Å². The van der Waals surface area contributed by atoms with Crippen molar-refractivity contribution >= 4 is 38.8 Å². The van der Waals surface area contributed by atoms with E-state index >= 15 is 0 Å². The minimum atomic E-state index is -3.94. The van der Waals surface area contributed by atoms with E-state index < -0.39 is 34.6 Å². The second-order valence-corrected chi connectivity index (χ2v) is 10.5. The summed E-state index contributed by atoms with van der Waals surface area (Å²) in [6.07, 6.45) is 1.44. The second-order valence-electron chi connectivity index (χ2n) is 8.92. The van der Waals surface area contributed by atoms with Crippen LogP contribution < -0.4 is 4.72 Å².